The van der Waals surface area contributed by atoms with Gasteiger partial charge in [-0.3, -0.25) is 4.79 Å². The highest BCUT2D eigenvalue weighted by Crippen LogP contribution is 2.32. The molecule has 1 unspecified atom stereocenters. The third-order valence-electron chi connectivity index (χ3n) is 8.11. The SMILES string of the molecule is Cc1c(C(=O)Nc2ccc(N3CCC(COc4ccccc4C(=O)O)CC3)nc2)oc2ccc(C3C=CC=CC3)cc12. The first-order chi connectivity index (χ1) is 20.5. The number of pyridine rings is 1. The first-order valence-electron chi connectivity index (χ1n) is 14.3. The molecule has 2 aromatic carbocycles. The van der Waals surface area contributed by atoms with E-state index >= 15 is 0 Å². The molecule has 2 N–H and O–H groups in total. The summed E-state index contributed by atoms with van der Waals surface area (Å²) in [6.07, 6.45) is 13.0. The van der Waals surface area contributed by atoms with Crippen molar-refractivity contribution in [3.63, 3.8) is 0 Å². The van der Waals surface area contributed by atoms with E-state index in [0.29, 0.717) is 41.2 Å². The highest BCUT2D eigenvalue weighted by atomic mass is 16.5. The second-order valence-electron chi connectivity index (χ2n) is 10.9. The Hall–Kier alpha value is -4.85. The van der Waals surface area contributed by atoms with E-state index in [1.165, 1.54) is 5.56 Å². The highest BCUT2D eigenvalue weighted by molar-refractivity contribution is 6.06. The van der Waals surface area contributed by atoms with Gasteiger partial charge in [-0.1, -0.05) is 42.5 Å². The number of allylic oxidation sites excluding steroid dienone is 4. The van der Waals surface area contributed by atoms with E-state index in [4.69, 9.17) is 9.15 Å². The van der Waals surface area contributed by atoms with Crippen molar-refractivity contribution >= 4 is 34.4 Å². The molecule has 3 heterocycles. The molecule has 0 bridgehead atoms. The van der Waals surface area contributed by atoms with E-state index in [0.717, 1.165) is 49.1 Å². The Kier molecular flexibility index (Phi) is 7.77. The average molecular weight is 564 g/mol. The maximum absolute atomic E-state index is 13.1. The number of amides is 1. The number of carbonyl (C=O) groups is 2. The number of aromatic nitrogens is 1. The standard InChI is InChI=1S/C34H33N3O5/c1-22-28-19-25(24-7-3-2-4-8-24)11-13-30(28)42-32(22)33(38)36-26-12-14-31(35-20-26)37-17-15-23(16-18-37)21-41-29-10-6-5-9-27(29)34(39)40/h2-7,9-14,19-20,23-24H,8,15-18,21H2,1H3,(H,36,38)(H,39,40). The predicted octanol–water partition coefficient (Wildman–Crippen LogP) is 6.98. The van der Waals surface area contributed by atoms with Crippen LogP contribution < -0.4 is 15.0 Å². The van der Waals surface area contributed by atoms with Crippen LogP contribution >= 0.6 is 0 Å². The molecule has 8 heteroatoms. The second kappa shape index (κ2) is 11.9. The lowest BCUT2D eigenvalue weighted by Crippen LogP contribution is -2.36. The molecule has 1 aliphatic carbocycles. The summed E-state index contributed by atoms with van der Waals surface area (Å²) in [6.45, 7) is 4.04. The van der Waals surface area contributed by atoms with Crippen molar-refractivity contribution < 1.29 is 23.8 Å². The monoisotopic (exact) mass is 563 g/mol. The molecule has 2 aliphatic rings. The number of rotatable bonds is 8. The summed E-state index contributed by atoms with van der Waals surface area (Å²) < 4.78 is 11.8. The molecule has 1 atom stereocenters. The number of furan rings is 1. The minimum atomic E-state index is -0.988. The van der Waals surface area contributed by atoms with E-state index in [2.05, 4.69) is 51.6 Å². The normalized spacial score (nSPS) is 17.0. The molecule has 0 saturated carbocycles. The van der Waals surface area contributed by atoms with Gasteiger partial charge in [-0.05, 0) is 74.1 Å². The van der Waals surface area contributed by atoms with Gasteiger partial charge in [0.2, 0.25) is 0 Å². The van der Waals surface area contributed by atoms with E-state index in [9.17, 15) is 14.7 Å². The van der Waals surface area contributed by atoms with Crippen molar-refractivity contribution in [3.05, 3.63) is 108 Å². The van der Waals surface area contributed by atoms with Crippen LogP contribution in [0.25, 0.3) is 11.0 Å². The number of carboxylic acid groups (broad SMARTS) is 1. The summed E-state index contributed by atoms with van der Waals surface area (Å²) in [6, 6.07) is 16.6. The van der Waals surface area contributed by atoms with Crippen molar-refractivity contribution in [2.45, 2.75) is 32.1 Å². The number of aromatic carboxylic acids is 1. The Labute approximate surface area is 244 Å². The van der Waals surface area contributed by atoms with Crippen molar-refractivity contribution in [2.24, 2.45) is 5.92 Å². The Morgan fingerprint density at radius 2 is 1.93 bits per heavy atom. The van der Waals surface area contributed by atoms with Crippen molar-refractivity contribution in [1.29, 1.82) is 0 Å². The van der Waals surface area contributed by atoms with Crippen LogP contribution in [-0.2, 0) is 0 Å². The van der Waals surface area contributed by atoms with Gasteiger partial charge < -0.3 is 24.5 Å². The molecule has 1 fully saturated rings. The van der Waals surface area contributed by atoms with Crippen molar-refractivity contribution in [3.8, 4) is 5.75 Å². The van der Waals surface area contributed by atoms with Crippen LogP contribution in [-0.4, -0.2) is 41.7 Å². The van der Waals surface area contributed by atoms with Gasteiger partial charge in [-0.15, -0.1) is 0 Å². The number of carboxylic acids is 1. The van der Waals surface area contributed by atoms with Crippen molar-refractivity contribution in [2.75, 3.05) is 29.9 Å². The van der Waals surface area contributed by atoms with Gasteiger partial charge in [0.15, 0.2) is 5.76 Å². The van der Waals surface area contributed by atoms with Gasteiger partial charge in [0.05, 0.1) is 18.5 Å². The number of aryl methyl sites for hydroxylation is 1. The molecule has 214 valence electrons. The lowest BCUT2D eigenvalue weighted by Gasteiger charge is -2.32. The predicted molar refractivity (Wildman–Crippen MR) is 163 cm³/mol. The zero-order chi connectivity index (χ0) is 29.1. The van der Waals surface area contributed by atoms with Gasteiger partial charge in [0, 0.05) is 30.0 Å². The lowest BCUT2D eigenvalue weighted by molar-refractivity contribution is 0.0690. The summed E-state index contributed by atoms with van der Waals surface area (Å²) in [5, 5.41) is 13.2. The number of para-hydroxylation sites is 1. The first-order valence-corrected chi connectivity index (χ1v) is 14.3. The number of piperidine rings is 1. The van der Waals surface area contributed by atoms with Crippen LogP contribution in [0.2, 0.25) is 0 Å². The Balaban J connectivity index is 1.04. The molecule has 8 nitrogen and oxygen atoms in total. The molecule has 0 radical (unpaired) electrons. The van der Waals surface area contributed by atoms with E-state index in [-0.39, 0.29) is 11.5 Å². The third-order valence-corrected chi connectivity index (χ3v) is 8.11. The summed E-state index contributed by atoms with van der Waals surface area (Å²) in [7, 11) is 0. The van der Waals surface area contributed by atoms with Gasteiger partial charge in [0.25, 0.3) is 5.91 Å². The number of hydrogen-bond acceptors (Lipinski definition) is 6. The quantitative estimate of drug-likeness (QED) is 0.238. The number of ether oxygens (including phenoxy) is 1. The van der Waals surface area contributed by atoms with Gasteiger partial charge in [-0.2, -0.15) is 0 Å². The van der Waals surface area contributed by atoms with Gasteiger partial charge >= 0.3 is 5.97 Å². The molecule has 1 amide bonds. The zero-order valence-corrected chi connectivity index (χ0v) is 23.5. The minimum absolute atomic E-state index is 0.182. The third kappa shape index (κ3) is 5.79. The zero-order valence-electron chi connectivity index (χ0n) is 23.5. The van der Waals surface area contributed by atoms with Crippen LogP contribution in [0.1, 0.15) is 57.2 Å². The number of carbonyl (C=O) groups excluding carboxylic acids is 1. The maximum Gasteiger partial charge on any atom is 0.339 e. The van der Waals surface area contributed by atoms with Gasteiger partial charge in [-0.25, -0.2) is 9.78 Å². The molecule has 1 saturated heterocycles. The summed E-state index contributed by atoms with van der Waals surface area (Å²) >= 11 is 0. The number of fused-ring (bicyclic) bond motifs is 1. The summed E-state index contributed by atoms with van der Waals surface area (Å²) in [5.41, 5.74) is 3.51. The fourth-order valence-corrected chi connectivity index (χ4v) is 5.65. The fraction of sp³-hybridized carbons (Fsp3) is 0.265. The van der Waals surface area contributed by atoms with Crippen LogP contribution in [0.4, 0.5) is 11.5 Å². The summed E-state index contributed by atoms with van der Waals surface area (Å²) in [4.78, 5) is 31.4. The second-order valence-corrected chi connectivity index (χ2v) is 10.9. The number of benzene rings is 2. The number of nitrogens with zero attached hydrogens (tertiary/aromatic N) is 2. The topological polar surface area (TPSA) is 105 Å². The Bertz CT molecular complexity index is 1660. The van der Waals surface area contributed by atoms with Crippen molar-refractivity contribution in [1.82, 2.24) is 4.98 Å². The van der Waals surface area contributed by atoms with E-state index < -0.39 is 5.97 Å². The van der Waals surface area contributed by atoms with Crippen LogP contribution in [0.5, 0.6) is 5.75 Å². The van der Waals surface area contributed by atoms with Gasteiger partial charge in [0.1, 0.15) is 22.7 Å². The highest BCUT2D eigenvalue weighted by Gasteiger charge is 2.23. The lowest BCUT2D eigenvalue weighted by atomic mass is 9.91. The largest absolute Gasteiger partial charge is 0.492 e. The van der Waals surface area contributed by atoms with Crippen LogP contribution in [0.3, 0.4) is 0 Å². The fourth-order valence-electron chi connectivity index (χ4n) is 5.65. The summed E-state index contributed by atoms with van der Waals surface area (Å²) in [5.74, 6) is 0.938. The smallest absolute Gasteiger partial charge is 0.339 e. The molecule has 2 aromatic heterocycles. The number of anilines is 2. The number of hydrogen-bond donors (Lipinski definition) is 2. The molecular formula is C34H33N3O5. The van der Waals surface area contributed by atoms with Crippen LogP contribution in [0, 0.1) is 12.8 Å². The molecule has 4 aromatic rings. The number of nitrogens with one attached hydrogen (secondary N) is 1. The first kappa shape index (κ1) is 27.3. The molecule has 42 heavy (non-hydrogen) atoms. The molecular weight excluding hydrogens is 530 g/mol. The molecule has 0 spiro atoms. The minimum Gasteiger partial charge on any atom is -0.492 e. The van der Waals surface area contributed by atoms with E-state index in [1.54, 1.807) is 30.5 Å². The maximum atomic E-state index is 13.1. The van der Waals surface area contributed by atoms with Crippen LogP contribution in [0.15, 0.2) is 89.5 Å². The Morgan fingerprint density at radius 1 is 1.10 bits per heavy atom. The Morgan fingerprint density at radius 3 is 2.67 bits per heavy atom. The van der Waals surface area contributed by atoms with E-state index in [1.807, 2.05) is 25.1 Å². The average Bonchev–Trinajstić information content (AvgIpc) is 3.37. The molecule has 6 rings (SSSR count). The molecule has 1 aliphatic heterocycles.